The summed E-state index contributed by atoms with van der Waals surface area (Å²) in [7, 11) is 0. The first-order chi connectivity index (χ1) is 13.8. The summed E-state index contributed by atoms with van der Waals surface area (Å²) in [6.07, 6.45) is -1.38. The molecule has 0 radical (unpaired) electrons. The molecule has 1 amide bonds. The number of carbonyl (C=O) groups is 2. The molecule has 0 saturated carbocycles. The third-order valence-electron chi connectivity index (χ3n) is 4.89. The van der Waals surface area contributed by atoms with Gasteiger partial charge in [-0.1, -0.05) is 17.3 Å². The van der Waals surface area contributed by atoms with Crippen molar-refractivity contribution < 1.29 is 27.3 Å². The SMILES string of the molecule is C[C@H]1CC(c2ccc(C(F)(F)F)cc2)C(=O)c2c(NC(=O)c3ccno3)cnn21. The summed E-state index contributed by atoms with van der Waals surface area (Å²) >= 11 is 0. The number of alkyl halides is 3. The lowest BCUT2D eigenvalue weighted by atomic mass is 9.84. The summed E-state index contributed by atoms with van der Waals surface area (Å²) in [6.45, 7) is 1.85. The van der Waals surface area contributed by atoms with Gasteiger partial charge in [-0.25, -0.2) is 0 Å². The molecule has 150 valence electrons. The Morgan fingerprint density at radius 1 is 1.24 bits per heavy atom. The third kappa shape index (κ3) is 3.41. The van der Waals surface area contributed by atoms with Crippen LogP contribution in [0.25, 0.3) is 0 Å². The van der Waals surface area contributed by atoms with Crippen LogP contribution in [0.3, 0.4) is 0 Å². The zero-order valence-electron chi connectivity index (χ0n) is 15.1. The zero-order valence-corrected chi connectivity index (χ0v) is 15.1. The summed E-state index contributed by atoms with van der Waals surface area (Å²) < 4.78 is 44.8. The highest BCUT2D eigenvalue weighted by Gasteiger charge is 2.37. The smallest absolute Gasteiger partial charge is 0.351 e. The number of carbonyl (C=O) groups excluding carboxylic acids is 2. The Morgan fingerprint density at radius 2 is 1.97 bits per heavy atom. The lowest BCUT2D eigenvalue weighted by Crippen LogP contribution is -2.29. The topological polar surface area (TPSA) is 90.0 Å². The van der Waals surface area contributed by atoms with Gasteiger partial charge in [0.05, 0.1) is 35.6 Å². The van der Waals surface area contributed by atoms with Gasteiger partial charge in [0, 0.05) is 6.07 Å². The molecule has 0 fully saturated rings. The van der Waals surface area contributed by atoms with E-state index in [0.29, 0.717) is 12.0 Å². The highest BCUT2D eigenvalue weighted by Crippen LogP contribution is 2.39. The number of Topliss-reactive ketones (excluding diaryl/α,β-unsaturated/α-hetero) is 1. The summed E-state index contributed by atoms with van der Waals surface area (Å²) in [5.74, 6) is -1.58. The fraction of sp³-hybridized carbons (Fsp3) is 0.263. The van der Waals surface area contributed by atoms with E-state index in [-0.39, 0.29) is 29.0 Å². The Bertz CT molecular complexity index is 1060. The van der Waals surface area contributed by atoms with Crippen LogP contribution in [-0.4, -0.2) is 26.6 Å². The number of aromatic nitrogens is 3. The van der Waals surface area contributed by atoms with E-state index in [0.717, 1.165) is 12.1 Å². The Hall–Kier alpha value is -3.43. The zero-order chi connectivity index (χ0) is 20.8. The van der Waals surface area contributed by atoms with Gasteiger partial charge in [-0.2, -0.15) is 18.3 Å². The van der Waals surface area contributed by atoms with Crippen molar-refractivity contribution in [3.05, 3.63) is 65.3 Å². The van der Waals surface area contributed by atoms with Crippen molar-refractivity contribution in [3.8, 4) is 0 Å². The van der Waals surface area contributed by atoms with Crippen LogP contribution in [0.4, 0.5) is 18.9 Å². The third-order valence-corrected chi connectivity index (χ3v) is 4.89. The predicted octanol–water partition coefficient (Wildman–Crippen LogP) is 4.07. The maximum absolute atomic E-state index is 13.1. The predicted molar refractivity (Wildman–Crippen MR) is 94.5 cm³/mol. The average Bonchev–Trinajstić information content (AvgIpc) is 3.34. The van der Waals surface area contributed by atoms with Crippen molar-refractivity contribution in [1.29, 1.82) is 0 Å². The number of anilines is 1. The van der Waals surface area contributed by atoms with Gasteiger partial charge in [-0.15, -0.1) is 0 Å². The maximum atomic E-state index is 13.1. The summed E-state index contributed by atoms with van der Waals surface area (Å²) in [5, 5.41) is 10.2. The van der Waals surface area contributed by atoms with E-state index >= 15 is 0 Å². The van der Waals surface area contributed by atoms with Crippen molar-refractivity contribution in [2.45, 2.75) is 31.5 Å². The van der Waals surface area contributed by atoms with E-state index < -0.39 is 23.6 Å². The molecule has 0 bridgehead atoms. The van der Waals surface area contributed by atoms with Crippen LogP contribution in [0.5, 0.6) is 0 Å². The molecule has 29 heavy (non-hydrogen) atoms. The van der Waals surface area contributed by atoms with Gasteiger partial charge in [0.15, 0.2) is 5.78 Å². The van der Waals surface area contributed by atoms with Crippen molar-refractivity contribution in [2.75, 3.05) is 5.32 Å². The fourth-order valence-corrected chi connectivity index (χ4v) is 3.46. The van der Waals surface area contributed by atoms with E-state index in [1.807, 2.05) is 6.92 Å². The van der Waals surface area contributed by atoms with Gasteiger partial charge in [0.1, 0.15) is 5.69 Å². The quantitative estimate of drug-likeness (QED) is 0.711. The van der Waals surface area contributed by atoms with Crippen molar-refractivity contribution in [1.82, 2.24) is 14.9 Å². The molecule has 4 rings (SSSR count). The molecule has 0 aliphatic carbocycles. The van der Waals surface area contributed by atoms with E-state index in [4.69, 9.17) is 4.52 Å². The number of amides is 1. The van der Waals surface area contributed by atoms with Gasteiger partial charge in [-0.05, 0) is 31.0 Å². The fourth-order valence-electron chi connectivity index (χ4n) is 3.46. The molecule has 0 spiro atoms. The van der Waals surface area contributed by atoms with Crippen LogP contribution in [0, 0.1) is 0 Å². The van der Waals surface area contributed by atoms with E-state index in [9.17, 15) is 22.8 Å². The van der Waals surface area contributed by atoms with Gasteiger partial charge >= 0.3 is 6.18 Å². The molecule has 10 heteroatoms. The number of halogens is 3. The van der Waals surface area contributed by atoms with Crippen LogP contribution in [0.15, 0.2) is 47.2 Å². The molecule has 1 unspecified atom stereocenters. The first-order valence-electron chi connectivity index (χ1n) is 8.76. The minimum atomic E-state index is -4.45. The molecule has 1 aliphatic heterocycles. The Kier molecular flexibility index (Phi) is 4.48. The van der Waals surface area contributed by atoms with Crippen LogP contribution >= 0.6 is 0 Å². The Labute approximate surface area is 162 Å². The highest BCUT2D eigenvalue weighted by molar-refractivity contribution is 6.09. The molecular formula is C19H15F3N4O3. The summed E-state index contributed by atoms with van der Waals surface area (Å²) in [5.41, 5.74) is 0.110. The molecule has 7 nitrogen and oxygen atoms in total. The summed E-state index contributed by atoms with van der Waals surface area (Å²) in [4.78, 5) is 25.4. The second kappa shape index (κ2) is 6.87. The molecule has 1 aromatic carbocycles. The van der Waals surface area contributed by atoms with Crippen molar-refractivity contribution in [3.63, 3.8) is 0 Å². The second-order valence-electron chi connectivity index (χ2n) is 6.80. The first kappa shape index (κ1) is 18.9. The molecule has 3 aromatic rings. The average molecular weight is 404 g/mol. The minimum Gasteiger partial charge on any atom is -0.351 e. The number of benzene rings is 1. The van der Waals surface area contributed by atoms with Crippen molar-refractivity contribution >= 4 is 17.4 Å². The van der Waals surface area contributed by atoms with Gasteiger partial charge in [-0.3, -0.25) is 14.3 Å². The highest BCUT2D eigenvalue weighted by atomic mass is 19.4. The molecule has 3 heterocycles. The first-order valence-corrected chi connectivity index (χ1v) is 8.76. The Balaban J connectivity index is 1.64. The second-order valence-corrected chi connectivity index (χ2v) is 6.80. The Morgan fingerprint density at radius 3 is 2.59 bits per heavy atom. The van der Waals surface area contributed by atoms with Gasteiger partial charge in [0.2, 0.25) is 5.76 Å². The summed E-state index contributed by atoms with van der Waals surface area (Å²) in [6, 6.07) is 5.75. The molecule has 2 aromatic heterocycles. The largest absolute Gasteiger partial charge is 0.416 e. The van der Waals surface area contributed by atoms with E-state index in [2.05, 4.69) is 15.6 Å². The van der Waals surface area contributed by atoms with Gasteiger partial charge in [0.25, 0.3) is 5.91 Å². The molecule has 0 saturated heterocycles. The van der Waals surface area contributed by atoms with Gasteiger partial charge < -0.3 is 9.84 Å². The van der Waals surface area contributed by atoms with E-state index in [1.54, 1.807) is 0 Å². The number of nitrogens with one attached hydrogen (secondary N) is 1. The number of ketones is 1. The number of nitrogens with zero attached hydrogens (tertiary/aromatic N) is 3. The molecule has 1 aliphatic rings. The normalized spacial score (nSPS) is 19.1. The van der Waals surface area contributed by atoms with E-state index in [1.165, 1.54) is 35.3 Å². The van der Waals surface area contributed by atoms with Crippen LogP contribution in [0.1, 0.15) is 57.5 Å². The number of rotatable bonds is 3. The van der Waals surface area contributed by atoms with Crippen LogP contribution < -0.4 is 5.32 Å². The lowest BCUT2D eigenvalue weighted by molar-refractivity contribution is -0.137. The molecular weight excluding hydrogens is 389 g/mol. The van der Waals surface area contributed by atoms with Crippen molar-refractivity contribution in [2.24, 2.45) is 0 Å². The molecule has 2 atom stereocenters. The number of fused-ring (bicyclic) bond motifs is 1. The lowest BCUT2D eigenvalue weighted by Gasteiger charge is -2.28. The monoisotopic (exact) mass is 404 g/mol. The maximum Gasteiger partial charge on any atom is 0.416 e. The standard InChI is InChI=1S/C19H15F3N4O3/c1-10-8-13(11-2-4-12(5-3-11)19(20,21)22)17(27)16-14(9-23-26(10)16)25-18(28)15-6-7-24-29-15/h2-7,9-10,13H,8H2,1H3,(H,25,28)/t10-,13?/m0/s1. The van der Waals surface area contributed by atoms with Crippen LogP contribution in [0.2, 0.25) is 0 Å². The minimum absolute atomic E-state index is 0.0273. The number of hydrogen-bond donors (Lipinski definition) is 1. The molecule has 1 N–H and O–H groups in total. The number of hydrogen-bond acceptors (Lipinski definition) is 5. The van der Waals surface area contributed by atoms with Crippen LogP contribution in [-0.2, 0) is 6.18 Å².